The highest BCUT2D eigenvalue weighted by Gasteiger charge is 2.18. The molecule has 0 spiro atoms. The lowest BCUT2D eigenvalue weighted by atomic mass is 9.87. The first-order valence-electron chi connectivity index (χ1n) is 7.64. The molecule has 3 nitrogen and oxygen atoms in total. The second-order valence-electron chi connectivity index (χ2n) is 6.59. The highest BCUT2D eigenvalue weighted by molar-refractivity contribution is 8.00. The van der Waals surface area contributed by atoms with Crippen molar-refractivity contribution in [3.8, 4) is 0 Å². The highest BCUT2D eigenvalue weighted by atomic mass is 32.2. The maximum atomic E-state index is 11.5. The largest absolute Gasteiger partial charge is 0.477 e. The Bertz CT molecular complexity index is 877. The zero-order valence-corrected chi connectivity index (χ0v) is 15.4. The molecule has 3 rings (SSSR count). The van der Waals surface area contributed by atoms with Gasteiger partial charge in [0.05, 0.1) is 5.69 Å². The topological polar surface area (TPSA) is 49.3 Å². The Labute approximate surface area is 149 Å². The molecule has 0 fully saturated rings. The highest BCUT2D eigenvalue weighted by Crippen LogP contribution is 2.38. The molecule has 3 aromatic rings. The van der Waals surface area contributed by atoms with Crippen LogP contribution < -0.4 is 4.72 Å². The van der Waals surface area contributed by atoms with Crippen LogP contribution in [0.3, 0.4) is 0 Å². The summed E-state index contributed by atoms with van der Waals surface area (Å²) in [5, 5.41) is 10.4. The molecule has 0 saturated carbocycles. The number of benzene rings is 2. The van der Waals surface area contributed by atoms with Crippen molar-refractivity contribution in [2.24, 2.45) is 0 Å². The van der Waals surface area contributed by atoms with Crippen LogP contribution in [0, 0.1) is 0 Å². The molecule has 0 amide bonds. The van der Waals surface area contributed by atoms with Crippen LogP contribution in [0.15, 0.2) is 53.4 Å². The van der Waals surface area contributed by atoms with Crippen molar-refractivity contribution >= 4 is 45.0 Å². The fourth-order valence-corrected chi connectivity index (χ4v) is 4.20. The van der Waals surface area contributed by atoms with E-state index in [2.05, 4.69) is 49.8 Å². The number of anilines is 1. The van der Waals surface area contributed by atoms with Gasteiger partial charge in [0.25, 0.3) is 0 Å². The second-order valence-corrected chi connectivity index (χ2v) is 8.52. The number of aromatic carboxylic acids is 1. The Kier molecular flexibility index (Phi) is 4.56. The summed E-state index contributed by atoms with van der Waals surface area (Å²) in [5.41, 5.74) is 2.07. The number of carboxylic acid groups (broad SMARTS) is 1. The second kappa shape index (κ2) is 6.49. The van der Waals surface area contributed by atoms with E-state index in [-0.39, 0.29) is 5.41 Å². The van der Waals surface area contributed by atoms with Crippen LogP contribution in [-0.4, -0.2) is 11.1 Å². The predicted octanol–water partition coefficient (Wildman–Crippen LogP) is 6.02. The lowest BCUT2D eigenvalue weighted by molar-refractivity contribution is 0.0703. The SMILES string of the molecule is CC(C)(C)c1ccc(SNc2c(C(=O)O)sc3ccccc23)cc1. The standard InChI is InChI=1S/C19H19NO2S2/c1-19(2,3)12-8-10-13(11-9-12)24-20-16-14-6-4-5-7-15(14)23-17(16)18(21)22/h4-11,20H,1-3H3,(H,21,22). The van der Waals surface area contributed by atoms with E-state index in [4.69, 9.17) is 0 Å². The summed E-state index contributed by atoms with van der Waals surface area (Å²) in [7, 11) is 0. The number of carboxylic acids is 1. The number of nitrogens with one attached hydrogen (secondary N) is 1. The van der Waals surface area contributed by atoms with Gasteiger partial charge < -0.3 is 9.83 Å². The molecule has 0 unspecified atom stereocenters. The van der Waals surface area contributed by atoms with Gasteiger partial charge in [-0.05, 0) is 41.1 Å². The van der Waals surface area contributed by atoms with Crippen molar-refractivity contribution in [1.29, 1.82) is 0 Å². The van der Waals surface area contributed by atoms with Crippen molar-refractivity contribution < 1.29 is 9.90 Å². The van der Waals surface area contributed by atoms with Gasteiger partial charge in [-0.2, -0.15) is 0 Å². The van der Waals surface area contributed by atoms with Gasteiger partial charge in [-0.25, -0.2) is 4.79 Å². The molecule has 1 aromatic heterocycles. The smallest absolute Gasteiger partial charge is 0.348 e. The third-order valence-corrected chi connectivity index (χ3v) is 5.75. The molecule has 0 aliphatic carbocycles. The van der Waals surface area contributed by atoms with Gasteiger partial charge in [0, 0.05) is 15.0 Å². The molecular formula is C19H19NO2S2. The molecule has 1 heterocycles. The summed E-state index contributed by atoms with van der Waals surface area (Å²) >= 11 is 2.73. The molecular weight excluding hydrogens is 338 g/mol. The van der Waals surface area contributed by atoms with Gasteiger partial charge in [-0.15, -0.1) is 11.3 Å². The van der Waals surface area contributed by atoms with E-state index in [1.165, 1.54) is 28.8 Å². The van der Waals surface area contributed by atoms with Gasteiger partial charge in [0.1, 0.15) is 4.88 Å². The molecule has 24 heavy (non-hydrogen) atoms. The van der Waals surface area contributed by atoms with Crippen LogP contribution in [0.1, 0.15) is 36.0 Å². The molecule has 0 aliphatic heterocycles. The van der Waals surface area contributed by atoms with Crippen molar-refractivity contribution in [3.63, 3.8) is 0 Å². The summed E-state index contributed by atoms with van der Waals surface area (Å²) in [5.74, 6) is -0.901. The first-order chi connectivity index (χ1) is 11.4. The fraction of sp³-hybridized carbons (Fsp3) is 0.211. The van der Waals surface area contributed by atoms with Crippen LogP contribution in [0.4, 0.5) is 5.69 Å². The molecule has 0 bridgehead atoms. The Morgan fingerprint density at radius 2 is 1.75 bits per heavy atom. The van der Waals surface area contributed by atoms with Crippen LogP contribution in [0.2, 0.25) is 0 Å². The molecule has 2 aromatic carbocycles. The van der Waals surface area contributed by atoms with Crippen LogP contribution in [0.25, 0.3) is 10.1 Å². The molecule has 0 atom stereocenters. The minimum Gasteiger partial charge on any atom is -0.477 e. The Morgan fingerprint density at radius 1 is 1.08 bits per heavy atom. The number of hydrogen-bond acceptors (Lipinski definition) is 4. The van der Waals surface area contributed by atoms with E-state index < -0.39 is 5.97 Å². The summed E-state index contributed by atoms with van der Waals surface area (Å²) in [6.45, 7) is 6.55. The molecule has 0 aliphatic rings. The monoisotopic (exact) mass is 357 g/mol. The third kappa shape index (κ3) is 3.42. The maximum Gasteiger partial charge on any atom is 0.348 e. The number of hydrogen-bond donors (Lipinski definition) is 2. The first-order valence-corrected chi connectivity index (χ1v) is 9.28. The Balaban J connectivity index is 1.85. The van der Waals surface area contributed by atoms with Crippen LogP contribution in [-0.2, 0) is 5.41 Å². The maximum absolute atomic E-state index is 11.5. The molecule has 124 valence electrons. The van der Waals surface area contributed by atoms with Crippen molar-refractivity contribution in [2.45, 2.75) is 31.1 Å². The average molecular weight is 358 g/mol. The lowest BCUT2D eigenvalue weighted by Crippen LogP contribution is -2.10. The fourth-order valence-electron chi connectivity index (χ4n) is 2.43. The van der Waals surface area contributed by atoms with Crippen molar-refractivity contribution in [1.82, 2.24) is 0 Å². The number of thiophene rings is 1. The summed E-state index contributed by atoms with van der Waals surface area (Å²) in [6, 6.07) is 16.1. The first kappa shape index (κ1) is 16.9. The van der Waals surface area contributed by atoms with Crippen LogP contribution in [0.5, 0.6) is 0 Å². The van der Waals surface area contributed by atoms with Crippen LogP contribution >= 0.6 is 23.3 Å². The lowest BCUT2D eigenvalue weighted by Gasteiger charge is -2.19. The van der Waals surface area contributed by atoms with Gasteiger partial charge in [0.15, 0.2) is 0 Å². The third-order valence-electron chi connectivity index (χ3n) is 3.78. The molecule has 0 radical (unpaired) electrons. The van der Waals surface area contributed by atoms with Crippen molar-refractivity contribution in [3.05, 3.63) is 59.0 Å². The van der Waals surface area contributed by atoms with E-state index in [0.29, 0.717) is 10.6 Å². The minimum atomic E-state index is -0.901. The zero-order chi connectivity index (χ0) is 17.3. The number of carbonyl (C=O) groups is 1. The van der Waals surface area contributed by atoms with Gasteiger partial charge in [-0.1, -0.05) is 51.1 Å². The summed E-state index contributed by atoms with van der Waals surface area (Å²) < 4.78 is 4.21. The van der Waals surface area contributed by atoms with Gasteiger partial charge in [-0.3, -0.25) is 0 Å². The molecule has 2 N–H and O–H groups in total. The number of rotatable bonds is 4. The van der Waals surface area contributed by atoms with Crippen molar-refractivity contribution in [2.75, 3.05) is 4.72 Å². The van der Waals surface area contributed by atoms with Gasteiger partial charge in [0.2, 0.25) is 0 Å². The van der Waals surface area contributed by atoms with E-state index in [1.807, 2.05) is 24.3 Å². The van der Waals surface area contributed by atoms with E-state index >= 15 is 0 Å². The Morgan fingerprint density at radius 3 is 2.38 bits per heavy atom. The molecule has 0 saturated heterocycles. The summed E-state index contributed by atoms with van der Waals surface area (Å²) in [6.07, 6.45) is 0. The zero-order valence-electron chi connectivity index (χ0n) is 13.8. The van der Waals surface area contributed by atoms with E-state index in [0.717, 1.165) is 15.0 Å². The number of fused-ring (bicyclic) bond motifs is 1. The quantitative estimate of drug-likeness (QED) is 0.561. The normalized spacial score (nSPS) is 11.6. The summed E-state index contributed by atoms with van der Waals surface area (Å²) in [4.78, 5) is 12.9. The van der Waals surface area contributed by atoms with E-state index in [9.17, 15) is 9.90 Å². The Hall–Kier alpha value is -1.98. The molecule has 5 heteroatoms. The average Bonchev–Trinajstić information content (AvgIpc) is 2.91. The predicted molar refractivity (Wildman–Crippen MR) is 103 cm³/mol. The van der Waals surface area contributed by atoms with Gasteiger partial charge >= 0.3 is 5.97 Å². The minimum absolute atomic E-state index is 0.122. The van der Waals surface area contributed by atoms with E-state index in [1.54, 1.807) is 0 Å².